The van der Waals surface area contributed by atoms with Crippen LogP contribution in [0.25, 0.3) is 0 Å². The average Bonchev–Trinajstić information content (AvgIpc) is 1.81. The maximum atomic E-state index is 9.55. The van der Waals surface area contributed by atoms with Crippen molar-refractivity contribution < 1.29 is 29.8 Å². The van der Waals surface area contributed by atoms with Gasteiger partial charge >= 0.3 is 18.9 Å². The van der Waals surface area contributed by atoms with Crippen LogP contribution in [-0.2, 0) is 9.53 Å². The van der Waals surface area contributed by atoms with E-state index in [4.69, 9.17) is 0 Å². The third-order valence-electron chi connectivity index (χ3n) is 0.934. The van der Waals surface area contributed by atoms with Crippen LogP contribution in [0.2, 0.25) is 0 Å². The van der Waals surface area contributed by atoms with Gasteiger partial charge in [0.1, 0.15) is 0 Å². The first-order valence-electron chi connectivity index (χ1n) is 2.97. The first-order valence-corrected chi connectivity index (χ1v) is 2.97. The van der Waals surface area contributed by atoms with Gasteiger partial charge in [0.2, 0.25) is 0 Å². The van der Waals surface area contributed by atoms with Gasteiger partial charge in [0.15, 0.2) is 0 Å². The van der Waals surface area contributed by atoms with E-state index < -0.39 is 0 Å². The van der Waals surface area contributed by atoms with Gasteiger partial charge in [-0.2, -0.15) is 0 Å². The van der Waals surface area contributed by atoms with Crippen LogP contribution in [-0.4, -0.2) is 13.1 Å². The van der Waals surface area contributed by atoms with Crippen molar-refractivity contribution in [2.45, 2.75) is 26.2 Å². The molecule has 0 aromatic rings. The van der Waals surface area contributed by atoms with Crippen LogP contribution in [0.4, 0.5) is 0 Å². The Hall–Kier alpha value is 0.0674. The van der Waals surface area contributed by atoms with E-state index in [0.717, 1.165) is 12.8 Å². The third-order valence-corrected chi connectivity index (χ3v) is 0.934. The van der Waals surface area contributed by atoms with Crippen molar-refractivity contribution in [3.05, 3.63) is 0 Å². The molecule has 0 fully saturated rings. The summed E-state index contributed by atoms with van der Waals surface area (Å²) in [7, 11) is 0. The first kappa shape index (κ1) is 11.8. The zero-order valence-corrected chi connectivity index (χ0v) is 6.22. The van der Waals surface area contributed by atoms with Crippen LogP contribution in [0.3, 0.4) is 0 Å². The summed E-state index contributed by atoms with van der Waals surface area (Å²) >= 11 is 0. The second kappa shape index (κ2) is 10.9. The van der Waals surface area contributed by atoms with Gasteiger partial charge in [-0.3, -0.25) is 4.79 Å². The van der Waals surface area contributed by atoms with Gasteiger partial charge in [-0.25, -0.2) is 0 Å². The van der Waals surface area contributed by atoms with Crippen LogP contribution >= 0.6 is 0 Å². The molecule has 0 saturated heterocycles. The largest absolute Gasteiger partial charge is 1.00 e. The third kappa shape index (κ3) is 11.6. The van der Waals surface area contributed by atoms with Gasteiger partial charge in [-0.1, -0.05) is 19.8 Å². The predicted octanol–water partition coefficient (Wildman–Crippen LogP) is -1.53. The molecule has 50 valence electrons. The van der Waals surface area contributed by atoms with E-state index in [0.29, 0.717) is 13.1 Å². The van der Waals surface area contributed by atoms with Crippen LogP contribution in [0.5, 0.6) is 0 Å². The van der Waals surface area contributed by atoms with E-state index >= 15 is 0 Å². The summed E-state index contributed by atoms with van der Waals surface area (Å²) < 4.78 is 4.46. The van der Waals surface area contributed by atoms with Gasteiger partial charge in [0.05, 0.1) is 6.61 Å². The SMILES string of the molecule is CCCCCOC=O.[H-].[Li+]. The molecule has 2 nitrogen and oxygen atoms in total. The summed E-state index contributed by atoms with van der Waals surface area (Å²) in [6.45, 7) is 3.19. The zero-order valence-electron chi connectivity index (χ0n) is 7.22. The fraction of sp³-hybridized carbons (Fsp3) is 0.833. The number of hydrogen-bond donors (Lipinski definition) is 0. The molecule has 0 aromatic carbocycles. The molecular weight excluding hydrogens is 111 g/mol. The summed E-state index contributed by atoms with van der Waals surface area (Å²) in [5.74, 6) is 0. The molecule has 0 aliphatic rings. The van der Waals surface area contributed by atoms with Crippen molar-refractivity contribution in [2.24, 2.45) is 0 Å². The standard InChI is InChI=1S/C6H12O2.Li.H/c1-2-3-4-5-8-6-7;;/h6H,2-5H2,1H3;;/q;+1;-1. The van der Waals surface area contributed by atoms with Crippen molar-refractivity contribution in [1.29, 1.82) is 0 Å². The summed E-state index contributed by atoms with van der Waals surface area (Å²) in [5, 5.41) is 0. The summed E-state index contributed by atoms with van der Waals surface area (Å²) in [5.41, 5.74) is 0. The fourth-order valence-electron chi connectivity index (χ4n) is 0.484. The Bertz CT molecular complexity index is 61.7. The molecule has 0 aromatic heterocycles. The molecule has 0 heterocycles. The van der Waals surface area contributed by atoms with E-state index in [-0.39, 0.29) is 20.3 Å². The molecule has 0 amide bonds. The molecule has 0 spiro atoms. The van der Waals surface area contributed by atoms with E-state index in [9.17, 15) is 4.79 Å². The van der Waals surface area contributed by atoms with Crippen LogP contribution < -0.4 is 18.9 Å². The maximum absolute atomic E-state index is 9.55. The van der Waals surface area contributed by atoms with Crippen molar-refractivity contribution in [3.63, 3.8) is 0 Å². The number of ether oxygens (including phenoxy) is 1. The minimum absolute atomic E-state index is 0. The predicted molar refractivity (Wildman–Crippen MR) is 32.7 cm³/mol. The first-order chi connectivity index (χ1) is 3.91. The van der Waals surface area contributed by atoms with Crippen molar-refractivity contribution in [3.8, 4) is 0 Å². The van der Waals surface area contributed by atoms with Gasteiger partial charge in [-0.05, 0) is 6.42 Å². The van der Waals surface area contributed by atoms with Crippen LogP contribution in [0.1, 0.15) is 27.6 Å². The maximum Gasteiger partial charge on any atom is 1.00 e. The number of hydrogen-bond acceptors (Lipinski definition) is 2. The Morgan fingerprint density at radius 1 is 1.56 bits per heavy atom. The molecule has 0 rings (SSSR count). The van der Waals surface area contributed by atoms with Gasteiger partial charge in [0, 0.05) is 0 Å². The monoisotopic (exact) mass is 124 g/mol. The molecule has 0 N–H and O–H groups in total. The number of carbonyl (C=O) groups excluding carboxylic acids is 1. The second-order valence-corrected chi connectivity index (χ2v) is 1.67. The molecule has 0 bridgehead atoms. The van der Waals surface area contributed by atoms with Gasteiger partial charge in [-0.15, -0.1) is 0 Å². The molecule has 0 unspecified atom stereocenters. The van der Waals surface area contributed by atoms with Crippen molar-refractivity contribution in [1.82, 2.24) is 0 Å². The van der Waals surface area contributed by atoms with Crippen molar-refractivity contribution in [2.75, 3.05) is 6.61 Å². The summed E-state index contributed by atoms with van der Waals surface area (Å²) in [6.07, 6.45) is 3.31. The van der Waals surface area contributed by atoms with E-state index in [1.54, 1.807) is 0 Å². The fourth-order valence-corrected chi connectivity index (χ4v) is 0.484. The molecular formula is C6H13LiO2. The quantitative estimate of drug-likeness (QED) is 0.252. The molecule has 0 aliphatic heterocycles. The van der Waals surface area contributed by atoms with E-state index in [1.165, 1.54) is 6.42 Å². The van der Waals surface area contributed by atoms with Crippen LogP contribution in [0.15, 0.2) is 0 Å². The van der Waals surface area contributed by atoms with Gasteiger partial charge < -0.3 is 6.16 Å². The van der Waals surface area contributed by atoms with Crippen molar-refractivity contribution >= 4 is 6.47 Å². The molecule has 0 aliphatic carbocycles. The Morgan fingerprint density at radius 2 is 2.22 bits per heavy atom. The minimum atomic E-state index is 0. The molecule has 9 heavy (non-hydrogen) atoms. The summed E-state index contributed by atoms with van der Waals surface area (Å²) in [4.78, 5) is 9.55. The normalized spacial score (nSPS) is 7.67. The average molecular weight is 124 g/mol. The number of rotatable bonds is 5. The molecule has 0 atom stereocenters. The Kier molecular flexibility index (Phi) is 14.4. The Balaban J connectivity index is -0.000000245. The number of carbonyl (C=O) groups is 1. The molecule has 0 saturated carbocycles. The molecule has 3 heteroatoms. The Morgan fingerprint density at radius 3 is 2.67 bits per heavy atom. The van der Waals surface area contributed by atoms with Gasteiger partial charge in [0.25, 0.3) is 6.47 Å². The number of unbranched alkanes of at least 4 members (excludes halogenated alkanes) is 2. The minimum Gasteiger partial charge on any atom is -1.00 e. The zero-order chi connectivity index (χ0) is 6.24. The molecule has 0 radical (unpaired) electrons. The smallest absolute Gasteiger partial charge is 1.00 e. The van der Waals surface area contributed by atoms with E-state index in [1.807, 2.05) is 0 Å². The second-order valence-electron chi connectivity index (χ2n) is 1.67. The topological polar surface area (TPSA) is 26.3 Å². The summed E-state index contributed by atoms with van der Waals surface area (Å²) in [6, 6.07) is 0. The van der Waals surface area contributed by atoms with Crippen LogP contribution in [0, 0.1) is 0 Å². The van der Waals surface area contributed by atoms with E-state index in [2.05, 4.69) is 11.7 Å². The Labute approximate surface area is 69.6 Å².